The number of nitrogens with one attached hydrogen (secondary N) is 1. The number of nitrogens with zero attached hydrogens (tertiary/aromatic N) is 1. The molecule has 3 rings (SSSR count). The van der Waals surface area contributed by atoms with Crippen LogP contribution in [0, 0.1) is 0 Å². The molecular formula is C15H12N2O2. The van der Waals surface area contributed by atoms with Crippen LogP contribution in [0.4, 0.5) is 0 Å². The lowest BCUT2D eigenvalue weighted by Gasteiger charge is -2.11. The van der Waals surface area contributed by atoms with Crippen molar-refractivity contribution in [3.8, 4) is 16.9 Å². The zero-order valence-electron chi connectivity index (χ0n) is 10.4. The number of pyridine rings is 2. The second-order valence-electron chi connectivity index (χ2n) is 4.15. The second-order valence-corrected chi connectivity index (χ2v) is 4.15. The Labute approximate surface area is 109 Å². The fraction of sp³-hybridized carbons (Fsp3) is 0.0667. The van der Waals surface area contributed by atoms with Crippen LogP contribution in [0.1, 0.15) is 0 Å². The molecule has 4 heteroatoms. The first kappa shape index (κ1) is 11.5. The fourth-order valence-corrected chi connectivity index (χ4v) is 2.20. The second kappa shape index (κ2) is 4.57. The number of aromatic amines is 1. The molecule has 0 atom stereocenters. The molecule has 0 aliphatic heterocycles. The summed E-state index contributed by atoms with van der Waals surface area (Å²) >= 11 is 0. The molecule has 0 saturated heterocycles. The van der Waals surface area contributed by atoms with Gasteiger partial charge in [0.1, 0.15) is 0 Å². The summed E-state index contributed by atoms with van der Waals surface area (Å²) in [4.78, 5) is 19.0. The monoisotopic (exact) mass is 252 g/mol. The van der Waals surface area contributed by atoms with Gasteiger partial charge in [0.2, 0.25) is 0 Å². The number of benzene rings is 1. The molecule has 0 unspecified atom stereocenters. The van der Waals surface area contributed by atoms with E-state index in [0.717, 1.165) is 22.0 Å². The van der Waals surface area contributed by atoms with Crippen LogP contribution in [0.3, 0.4) is 0 Å². The lowest BCUT2D eigenvalue weighted by molar-refractivity contribution is 0.411. The Morgan fingerprint density at radius 2 is 1.95 bits per heavy atom. The van der Waals surface area contributed by atoms with Crippen molar-refractivity contribution in [2.75, 3.05) is 7.11 Å². The predicted molar refractivity (Wildman–Crippen MR) is 74.4 cm³/mol. The molecule has 2 heterocycles. The molecule has 0 fully saturated rings. The molecule has 1 N–H and O–H groups in total. The molecule has 0 radical (unpaired) electrons. The Kier molecular flexibility index (Phi) is 2.76. The fourth-order valence-electron chi connectivity index (χ4n) is 2.20. The summed E-state index contributed by atoms with van der Waals surface area (Å²) < 4.78 is 5.27. The number of hydrogen-bond acceptors (Lipinski definition) is 3. The van der Waals surface area contributed by atoms with Crippen molar-refractivity contribution in [1.82, 2.24) is 9.97 Å². The lowest BCUT2D eigenvalue weighted by Crippen LogP contribution is -2.11. The molecule has 94 valence electrons. The highest BCUT2D eigenvalue weighted by atomic mass is 16.5. The summed E-state index contributed by atoms with van der Waals surface area (Å²) in [6.45, 7) is 0. The molecule has 0 aliphatic carbocycles. The Balaban J connectivity index is 2.47. The highest BCUT2D eigenvalue weighted by Gasteiger charge is 2.14. The van der Waals surface area contributed by atoms with E-state index in [4.69, 9.17) is 4.74 Å². The summed E-state index contributed by atoms with van der Waals surface area (Å²) in [7, 11) is 1.50. The first-order valence-corrected chi connectivity index (χ1v) is 5.90. The van der Waals surface area contributed by atoms with Crippen molar-refractivity contribution >= 4 is 10.9 Å². The van der Waals surface area contributed by atoms with Crippen molar-refractivity contribution in [2.45, 2.75) is 0 Å². The maximum atomic E-state index is 12.1. The molecule has 0 aliphatic rings. The number of rotatable bonds is 2. The molecular weight excluding hydrogens is 240 g/mol. The van der Waals surface area contributed by atoms with E-state index in [1.54, 1.807) is 18.5 Å². The van der Waals surface area contributed by atoms with Crippen molar-refractivity contribution in [1.29, 1.82) is 0 Å². The van der Waals surface area contributed by atoms with Crippen molar-refractivity contribution < 1.29 is 4.74 Å². The summed E-state index contributed by atoms with van der Waals surface area (Å²) in [5.41, 5.74) is 2.22. The summed E-state index contributed by atoms with van der Waals surface area (Å²) in [6, 6.07) is 11.5. The van der Waals surface area contributed by atoms with Crippen LogP contribution >= 0.6 is 0 Å². The minimum Gasteiger partial charge on any atom is -0.491 e. The van der Waals surface area contributed by atoms with Gasteiger partial charge in [-0.1, -0.05) is 30.3 Å². The van der Waals surface area contributed by atoms with E-state index in [-0.39, 0.29) is 5.56 Å². The zero-order valence-corrected chi connectivity index (χ0v) is 10.4. The first-order valence-electron chi connectivity index (χ1n) is 5.90. The Morgan fingerprint density at radius 3 is 2.68 bits per heavy atom. The summed E-state index contributed by atoms with van der Waals surface area (Å²) in [5, 5.41) is 0.866. The molecule has 4 nitrogen and oxygen atoms in total. The van der Waals surface area contributed by atoms with Gasteiger partial charge in [0.15, 0.2) is 5.75 Å². The number of methoxy groups -OCH3 is 1. The maximum Gasteiger partial charge on any atom is 0.291 e. The number of aromatic nitrogens is 2. The Bertz CT molecular complexity index is 779. The topological polar surface area (TPSA) is 55.0 Å². The summed E-state index contributed by atoms with van der Waals surface area (Å²) in [5.74, 6) is 0.312. The van der Waals surface area contributed by atoms with Crippen LogP contribution in [0.5, 0.6) is 5.75 Å². The molecule has 19 heavy (non-hydrogen) atoms. The number of H-pyrrole nitrogens is 1. The maximum absolute atomic E-state index is 12.1. The third-order valence-electron chi connectivity index (χ3n) is 3.04. The van der Waals surface area contributed by atoms with E-state index in [0.29, 0.717) is 5.75 Å². The standard InChI is InChI=1S/C15H12N2O2/c1-19-14-13(10-5-3-2-4-6-10)11-9-16-8-7-12(11)17-15(14)18/h2-9H,1H3,(H,17,18). The Morgan fingerprint density at radius 1 is 1.16 bits per heavy atom. The smallest absolute Gasteiger partial charge is 0.291 e. The van der Waals surface area contributed by atoms with E-state index in [1.165, 1.54) is 7.11 Å². The number of fused-ring (bicyclic) bond motifs is 1. The highest BCUT2D eigenvalue weighted by Crippen LogP contribution is 2.32. The molecule has 0 bridgehead atoms. The average Bonchev–Trinajstić information content (AvgIpc) is 2.46. The van der Waals surface area contributed by atoms with Gasteiger partial charge in [-0.25, -0.2) is 0 Å². The van der Waals surface area contributed by atoms with Crippen LogP contribution in [0.2, 0.25) is 0 Å². The third-order valence-corrected chi connectivity index (χ3v) is 3.04. The molecule has 2 aromatic heterocycles. The average molecular weight is 252 g/mol. The molecule has 1 aromatic carbocycles. The van der Waals surface area contributed by atoms with Crippen molar-refractivity contribution in [3.63, 3.8) is 0 Å². The van der Waals surface area contributed by atoms with E-state index in [9.17, 15) is 4.79 Å². The van der Waals surface area contributed by atoms with E-state index < -0.39 is 0 Å². The molecule has 0 saturated carbocycles. The predicted octanol–water partition coefficient (Wildman–Crippen LogP) is 2.60. The van der Waals surface area contributed by atoms with Gasteiger partial charge in [0, 0.05) is 23.3 Å². The third kappa shape index (κ3) is 1.87. The quantitative estimate of drug-likeness (QED) is 0.762. The van der Waals surface area contributed by atoms with Gasteiger partial charge in [0.25, 0.3) is 5.56 Å². The number of hydrogen-bond donors (Lipinski definition) is 1. The van der Waals surface area contributed by atoms with Gasteiger partial charge in [-0.05, 0) is 11.6 Å². The van der Waals surface area contributed by atoms with Crippen LogP contribution in [-0.4, -0.2) is 17.1 Å². The minimum atomic E-state index is -0.236. The van der Waals surface area contributed by atoms with Crippen LogP contribution in [0.15, 0.2) is 53.6 Å². The Hall–Kier alpha value is -2.62. The lowest BCUT2D eigenvalue weighted by atomic mass is 10.0. The largest absolute Gasteiger partial charge is 0.491 e. The number of ether oxygens (including phenoxy) is 1. The van der Waals surface area contributed by atoms with E-state index in [1.807, 2.05) is 30.3 Å². The normalized spacial score (nSPS) is 10.6. The van der Waals surface area contributed by atoms with Gasteiger partial charge in [-0.3, -0.25) is 9.78 Å². The molecule has 0 spiro atoms. The van der Waals surface area contributed by atoms with Gasteiger partial charge in [-0.2, -0.15) is 0 Å². The van der Waals surface area contributed by atoms with Gasteiger partial charge < -0.3 is 9.72 Å². The minimum absolute atomic E-state index is 0.236. The van der Waals surface area contributed by atoms with Crippen LogP contribution < -0.4 is 10.3 Å². The summed E-state index contributed by atoms with van der Waals surface area (Å²) in [6.07, 6.45) is 3.38. The molecule has 3 aromatic rings. The van der Waals surface area contributed by atoms with Crippen LogP contribution in [-0.2, 0) is 0 Å². The van der Waals surface area contributed by atoms with E-state index in [2.05, 4.69) is 9.97 Å². The first-order chi connectivity index (χ1) is 9.31. The zero-order chi connectivity index (χ0) is 13.2. The van der Waals surface area contributed by atoms with Gasteiger partial charge in [0.05, 0.1) is 12.6 Å². The molecule has 0 amide bonds. The van der Waals surface area contributed by atoms with Gasteiger partial charge in [-0.15, -0.1) is 0 Å². The van der Waals surface area contributed by atoms with Crippen molar-refractivity contribution in [3.05, 3.63) is 59.1 Å². The van der Waals surface area contributed by atoms with Crippen molar-refractivity contribution in [2.24, 2.45) is 0 Å². The highest BCUT2D eigenvalue weighted by molar-refractivity contribution is 5.96. The SMILES string of the molecule is COc1c(-c2ccccc2)c2cnccc2[nH]c1=O. The van der Waals surface area contributed by atoms with Crippen LogP contribution in [0.25, 0.3) is 22.0 Å². The van der Waals surface area contributed by atoms with Gasteiger partial charge >= 0.3 is 0 Å². The van der Waals surface area contributed by atoms with E-state index >= 15 is 0 Å².